The molecule has 9 nitrogen and oxygen atoms in total. The summed E-state index contributed by atoms with van der Waals surface area (Å²) in [4.78, 5) is 24.9. The van der Waals surface area contributed by atoms with E-state index in [0.29, 0.717) is 40.7 Å². The van der Waals surface area contributed by atoms with Gasteiger partial charge in [0.1, 0.15) is 11.5 Å². The van der Waals surface area contributed by atoms with Crippen LogP contribution in [0.15, 0.2) is 52.3 Å². The minimum Gasteiger partial charge on any atom is -0.386 e. The van der Waals surface area contributed by atoms with Crippen molar-refractivity contribution < 1.29 is 4.39 Å². The molecule has 4 rings (SSSR count). The predicted octanol–water partition coefficient (Wildman–Crippen LogP) is 5.29. The Kier molecular flexibility index (Phi) is 11.7. The van der Waals surface area contributed by atoms with Crippen LogP contribution >= 0.6 is 11.6 Å². The first-order chi connectivity index (χ1) is 21.1. The minimum absolute atomic E-state index is 0.0574. The fraction of sp³-hybridized carbons (Fsp3) is 0.424. The smallest absolute Gasteiger partial charge is 0.354 e. The van der Waals surface area contributed by atoms with Gasteiger partial charge >= 0.3 is 5.69 Å². The standard InChI is InChI=1S/C33H44ClFN8O/c1-4-7-28(39-14-6-15-40-30(38)19-36)23-10-12-24(13-11-23)43-21(3)25-18-29(41-32(25)42-33(43)44)26-16-22(9-5-8-20(2)37)17-27(34)31(26)35/h10-13,16-18,20,28,39H,4-9,14-15,19,36-37H2,1-3H3,(H2,38,40)(H,41,42,44). The topological polar surface area (TPSA) is 153 Å². The van der Waals surface area contributed by atoms with Crippen LogP contribution in [0.25, 0.3) is 28.0 Å². The fourth-order valence-corrected chi connectivity index (χ4v) is 5.70. The number of amidine groups is 1. The lowest BCUT2D eigenvalue weighted by Gasteiger charge is -2.19. The van der Waals surface area contributed by atoms with Crippen molar-refractivity contribution >= 4 is 28.5 Å². The molecule has 0 radical (unpaired) electrons. The molecule has 4 aromatic rings. The van der Waals surface area contributed by atoms with Crippen LogP contribution in [0.4, 0.5) is 4.39 Å². The average molecular weight is 623 g/mol. The van der Waals surface area contributed by atoms with Gasteiger partial charge in [-0.25, -0.2) is 9.18 Å². The van der Waals surface area contributed by atoms with E-state index in [0.717, 1.165) is 61.6 Å². The first kappa shape index (κ1) is 33.3. The monoisotopic (exact) mass is 622 g/mol. The second-order valence-corrected chi connectivity index (χ2v) is 11.8. The van der Waals surface area contributed by atoms with Crippen LogP contribution in [-0.4, -0.2) is 46.0 Å². The number of nitrogens with zero attached hydrogens (tertiary/aromatic N) is 3. The molecule has 44 heavy (non-hydrogen) atoms. The summed E-state index contributed by atoms with van der Waals surface area (Å²) in [6.45, 7) is 7.69. The number of H-pyrrole nitrogens is 1. The van der Waals surface area contributed by atoms with Crippen LogP contribution in [0.3, 0.4) is 0 Å². The highest BCUT2D eigenvalue weighted by atomic mass is 35.5. The van der Waals surface area contributed by atoms with Gasteiger partial charge in [-0.1, -0.05) is 37.1 Å². The summed E-state index contributed by atoms with van der Waals surface area (Å²) in [5.41, 5.74) is 21.4. The summed E-state index contributed by atoms with van der Waals surface area (Å²) in [6.07, 6.45) is 5.32. The van der Waals surface area contributed by atoms with Gasteiger partial charge < -0.3 is 27.5 Å². The average Bonchev–Trinajstić information content (AvgIpc) is 3.42. The molecule has 0 saturated carbocycles. The molecule has 11 heteroatoms. The number of aryl methyl sites for hydroxylation is 2. The van der Waals surface area contributed by atoms with E-state index in [-0.39, 0.29) is 23.7 Å². The summed E-state index contributed by atoms with van der Waals surface area (Å²) < 4.78 is 16.8. The van der Waals surface area contributed by atoms with Crippen molar-refractivity contribution in [2.75, 3.05) is 19.6 Å². The molecule has 2 unspecified atom stereocenters. The number of aliphatic imine (C=N–C) groups is 1. The number of nitrogens with one attached hydrogen (secondary N) is 2. The van der Waals surface area contributed by atoms with Crippen LogP contribution < -0.4 is 28.2 Å². The normalized spacial score (nSPS) is 13.5. The maximum absolute atomic E-state index is 15.2. The van der Waals surface area contributed by atoms with E-state index in [1.54, 1.807) is 16.7 Å². The number of aromatic amines is 1. The second kappa shape index (κ2) is 15.4. The highest BCUT2D eigenvalue weighted by molar-refractivity contribution is 6.31. The Morgan fingerprint density at radius 1 is 1.18 bits per heavy atom. The van der Waals surface area contributed by atoms with Crippen LogP contribution in [-0.2, 0) is 6.42 Å². The van der Waals surface area contributed by atoms with Gasteiger partial charge in [-0.15, -0.1) is 0 Å². The summed E-state index contributed by atoms with van der Waals surface area (Å²) >= 11 is 6.28. The fourth-order valence-electron chi connectivity index (χ4n) is 5.45. The van der Waals surface area contributed by atoms with Crippen LogP contribution in [0, 0.1) is 12.7 Å². The Balaban J connectivity index is 1.58. The van der Waals surface area contributed by atoms with E-state index >= 15 is 4.39 Å². The Morgan fingerprint density at radius 2 is 1.93 bits per heavy atom. The molecule has 2 heterocycles. The molecule has 2 aromatic heterocycles. The Hall–Kier alpha value is -3.57. The lowest BCUT2D eigenvalue weighted by atomic mass is 10.0. The van der Waals surface area contributed by atoms with Crippen LogP contribution in [0.5, 0.6) is 0 Å². The summed E-state index contributed by atoms with van der Waals surface area (Å²) in [5, 5.41) is 4.39. The third-order valence-electron chi connectivity index (χ3n) is 7.80. The van der Waals surface area contributed by atoms with Crippen molar-refractivity contribution in [3.05, 3.63) is 80.6 Å². The van der Waals surface area contributed by atoms with Crippen molar-refractivity contribution in [3.63, 3.8) is 0 Å². The lowest BCUT2D eigenvalue weighted by molar-refractivity contribution is 0.489. The van der Waals surface area contributed by atoms with Gasteiger partial charge in [0.25, 0.3) is 0 Å². The minimum atomic E-state index is -0.514. The number of rotatable bonds is 15. The van der Waals surface area contributed by atoms with Crippen LogP contribution in [0.1, 0.15) is 68.8 Å². The van der Waals surface area contributed by atoms with Crippen molar-refractivity contribution in [1.82, 2.24) is 19.9 Å². The molecule has 236 valence electrons. The second-order valence-electron chi connectivity index (χ2n) is 11.4. The molecule has 0 bridgehead atoms. The zero-order valence-corrected chi connectivity index (χ0v) is 26.6. The van der Waals surface area contributed by atoms with Gasteiger partial charge in [0, 0.05) is 35.3 Å². The highest BCUT2D eigenvalue weighted by Crippen LogP contribution is 2.32. The first-order valence-electron chi connectivity index (χ1n) is 15.3. The molecule has 2 aromatic carbocycles. The predicted molar refractivity (Wildman–Crippen MR) is 179 cm³/mol. The highest BCUT2D eigenvalue weighted by Gasteiger charge is 2.18. The molecule has 0 amide bonds. The largest absolute Gasteiger partial charge is 0.386 e. The third kappa shape index (κ3) is 8.12. The van der Waals surface area contributed by atoms with Crippen molar-refractivity contribution in [2.45, 2.75) is 71.4 Å². The van der Waals surface area contributed by atoms with E-state index in [4.69, 9.17) is 28.8 Å². The summed E-state index contributed by atoms with van der Waals surface area (Å²) in [7, 11) is 0. The van der Waals surface area contributed by atoms with E-state index in [1.165, 1.54) is 0 Å². The first-order valence-corrected chi connectivity index (χ1v) is 15.7. The van der Waals surface area contributed by atoms with Crippen molar-refractivity contribution in [3.8, 4) is 16.9 Å². The van der Waals surface area contributed by atoms with E-state index in [2.05, 4.69) is 27.2 Å². The number of halogens is 2. The van der Waals surface area contributed by atoms with Gasteiger partial charge in [0.05, 0.1) is 22.9 Å². The van der Waals surface area contributed by atoms with Gasteiger partial charge in [-0.2, -0.15) is 4.98 Å². The number of benzene rings is 2. The Morgan fingerprint density at radius 3 is 2.61 bits per heavy atom. The van der Waals surface area contributed by atoms with Gasteiger partial charge in [0.2, 0.25) is 0 Å². The van der Waals surface area contributed by atoms with Crippen molar-refractivity contribution in [2.24, 2.45) is 22.2 Å². The number of hydrogen-bond acceptors (Lipinski definition) is 6. The molecule has 0 aliphatic heterocycles. The molecular weight excluding hydrogens is 579 g/mol. The third-order valence-corrected chi connectivity index (χ3v) is 8.08. The number of hydrogen-bond donors (Lipinski definition) is 5. The quantitative estimate of drug-likeness (QED) is 0.0690. The maximum Gasteiger partial charge on any atom is 0.354 e. The molecule has 0 spiro atoms. The van der Waals surface area contributed by atoms with E-state index in [1.807, 2.05) is 44.2 Å². The maximum atomic E-state index is 15.2. The van der Waals surface area contributed by atoms with Gasteiger partial charge in [-0.05, 0) is 94.0 Å². The van der Waals surface area contributed by atoms with Gasteiger partial charge in [0.15, 0.2) is 5.82 Å². The van der Waals surface area contributed by atoms with E-state index in [9.17, 15) is 4.79 Å². The number of aromatic nitrogens is 3. The SMILES string of the molecule is CCCC(NCCCN=C(N)CN)c1ccc(-n2c(C)c3cc(-c4cc(CCCC(C)N)cc(Cl)c4F)[nH]c3nc2=O)cc1. The zero-order valence-electron chi connectivity index (χ0n) is 25.8. The number of fused-ring (bicyclic) bond motifs is 1. The lowest BCUT2D eigenvalue weighted by Crippen LogP contribution is -2.25. The summed E-state index contributed by atoms with van der Waals surface area (Å²) in [5.74, 6) is -0.0467. The van der Waals surface area contributed by atoms with E-state index < -0.39 is 11.5 Å². The zero-order chi connectivity index (χ0) is 31.8. The molecule has 0 saturated heterocycles. The molecule has 0 aliphatic rings. The van der Waals surface area contributed by atoms with Crippen molar-refractivity contribution in [1.29, 1.82) is 0 Å². The Labute approximate surface area is 263 Å². The molecular formula is C33H44ClFN8O. The summed E-state index contributed by atoms with van der Waals surface area (Å²) in [6, 6.07) is 13.5. The van der Waals surface area contributed by atoms with Crippen LogP contribution in [0.2, 0.25) is 5.02 Å². The Bertz CT molecular complexity index is 1640. The number of nitrogens with two attached hydrogens (primary N) is 3. The molecule has 0 aliphatic carbocycles. The van der Waals surface area contributed by atoms with Gasteiger partial charge in [-0.3, -0.25) is 9.56 Å². The molecule has 8 N–H and O–H groups in total. The molecule has 0 fully saturated rings. The molecule has 2 atom stereocenters.